The summed E-state index contributed by atoms with van der Waals surface area (Å²) in [7, 11) is 0. The predicted octanol–water partition coefficient (Wildman–Crippen LogP) is 1.69. The topological polar surface area (TPSA) is 59.4 Å². The Morgan fingerprint density at radius 3 is 2.33 bits per heavy atom. The van der Waals surface area contributed by atoms with E-state index in [2.05, 4.69) is 0 Å². The molecule has 0 aliphatic heterocycles. The first-order valence-electron chi connectivity index (χ1n) is 4.37. The third-order valence-corrected chi connectivity index (χ3v) is 2.12. The van der Waals surface area contributed by atoms with E-state index in [0.717, 1.165) is 6.07 Å². The van der Waals surface area contributed by atoms with Crippen molar-refractivity contribution in [3.8, 4) is 0 Å². The van der Waals surface area contributed by atoms with E-state index in [4.69, 9.17) is 10.2 Å². The maximum absolute atomic E-state index is 12.6. The van der Waals surface area contributed by atoms with Gasteiger partial charge < -0.3 is 15.3 Å². The number of furan rings is 1. The molecular weight excluding hydrogens is 211 g/mol. The first-order valence-corrected chi connectivity index (χ1v) is 4.37. The van der Waals surface area contributed by atoms with Gasteiger partial charge >= 0.3 is 6.18 Å². The van der Waals surface area contributed by atoms with Gasteiger partial charge in [-0.15, -0.1) is 0 Å². The molecule has 0 radical (unpaired) electrons. The van der Waals surface area contributed by atoms with Crippen LogP contribution in [0.15, 0.2) is 16.5 Å². The number of aryl methyl sites for hydroxylation is 1. The number of hydrogen-bond acceptors (Lipinski definition) is 3. The molecule has 1 heterocycles. The first-order chi connectivity index (χ1) is 6.81. The number of alkyl halides is 3. The molecule has 1 rings (SSSR count). The molecule has 0 aliphatic carbocycles. The number of aliphatic hydroxyl groups is 1. The summed E-state index contributed by atoms with van der Waals surface area (Å²) >= 11 is 0. The van der Waals surface area contributed by atoms with Crippen molar-refractivity contribution in [2.45, 2.75) is 25.1 Å². The van der Waals surface area contributed by atoms with Crippen LogP contribution in [-0.4, -0.2) is 17.8 Å². The van der Waals surface area contributed by atoms with Crippen LogP contribution in [0.1, 0.15) is 17.9 Å². The van der Waals surface area contributed by atoms with Crippen LogP contribution in [0, 0.1) is 6.92 Å². The van der Waals surface area contributed by atoms with Crippen LogP contribution < -0.4 is 5.73 Å². The molecule has 3 N–H and O–H groups in total. The maximum Gasteiger partial charge on any atom is 0.424 e. The second-order valence-corrected chi connectivity index (χ2v) is 3.31. The summed E-state index contributed by atoms with van der Waals surface area (Å²) in [5, 5.41) is 9.53. The highest BCUT2D eigenvalue weighted by Gasteiger charge is 2.56. The van der Waals surface area contributed by atoms with Crippen molar-refractivity contribution in [2.24, 2.45) is 5.73 Å². The Hall–Kier alpha value is -1.01. The van der Waals surface area contributed by atoms with E-state index < -0.39 is 24.0 Å². The fourth-order valence-corrected chi connectivity index (χ4v) is 1.27. The van der Waals surface area contributed by atoms with Crippen molar-refractivity contribution < 1.29 is 22.7 Å². The van der Waals surface area contributed by atoms with Crippen LogP contribution in [0.2, 0.25) is 0 Å². The number of halogens is 3. The zero-order valence-electron chi connectivity index (χ0n) is 8.14. The second kappa shape index (κ2) is 3.86. The maximum atomic E-state index is 12.6. The Balaban J connectivity index is 3.12. The highest BCUT2D eigenvalue weighted by Crippen LogP contribution is 2.41. The molecule has 1 aromatic rings. The monoisotopic (exact) mass is 223 g/mol. The molecule has 0 fully saturated rings. The molecule has 1 aromatic heterocycles. The van der Waals surface area contributed by atoms with Gasteiger partial charge in [0.05, 0.1) is 0 Å². The van der Waals surface area contributed by atoms with Crippen LogP contribution in [0.5, 0.6) is 0 Å². The average molecular weight is 223 g/mol. The van der Waals surface area contributed by atoms with Crippen LogP contribution in [0.3, 0.4) is 0 Å². The molecule has 0 spiro atoms. The van der Waals surface area contributed by atoms with E-state index in [1.165, 1.54) is 13.0 Å². The quantitative estimate of drug-likeness (QED) is 0.819. The van der Waals surface area contributed by atoms with Crippen molar-refractivity contribution >= 4 is 0 Å². The van der Waals surface area contributed by atoms with Gasteiger partial charge in [-0.3, -0.25) is 0 Å². The third kappa shape index (κ3) is 2.15. The zero-order valence-corrected chi connectivity index (χ0v) is 8.14. The molecule has 0 unspecified atom stereocenters. The summed E-state index contributed by atoms with van der Waals surface area (Å²) in [5.74, 6) is -0.206. The van der Waals surface area contributed by atoms with E-state index in [9.17, 15) is 18.3 Å². The summed E-state index contributed by atoms with van der Waals surface area (Å²) in [4.78, 5) is 0. The van der Waals surface area contributed by atoms with E-state index in [0.29, 0.717) is 5.76 Å². The lowest BCUT2D eigenvalue weighted by molar-refractivity contribution is -0.274. The molecule has 86 valence electrons. The Bertz CT molecular complexity index is 334. The molecule has 0 aromatic carbocycles. The molecule has 1 atom stereocenters. The Kier molecular flexibility index (Phi) is 3.11. The van der Waals surface area contributed by atoms with Crippen LogP contribution in [0.25, 0.3) is 0 Å². The summed E-state index contributed by atoms with van der Waals surface area (Å²) in [6, 6.07) is 2.47. The minimum Gasteiger partial charge on any atom is -0.463 e. The lowest BCUT2D eigenvalue weighted by Gasteiger charge is -2.27. The summed E-state index contributed by atoms with van der Waals surface area (Å²) in [6.45, 7) is 1.22. The minimum absolute atomic E-state index is 0.282. The highest BCUT2D eigenvalue weighted by molar-refractivity contribution is 5.15. The van der Waals surface area contributed by atoms with Gasteiger partial charge in [-0.1, -0.05) is 0 Å². The largest absolute Gasteiger partial charge is 0.463 e. The number of hydrogen-bond donors (Lipinski definition) is 2. The van der Waals surface area contributed by atoms with Gasteiger partial charge in [0.25, 0.3) is 0 Å². The van der Waals surface area contributed by atoms with Crippen LogP contribution >= 0.6 is 0 Å². The highest BCUT2D eigenvalue weighted by atomic mass is 19.4. The molecule has 0 amide bonds. The molecule has 0 saturated carbocycles. The molecular formula is C9H12F3NO2. The summed E-state index contributed by atoms with van der Waals surface area (Å²) in [5.41, 5.74) is 2.06. The van der Waals surface area contributed by atoms with E-state index in [-0.39, 0.29) is 6.54 Å². The number of nitrogens with two attached hydrogens (primary N) is 1. The van der Waals surface area contributed by atoms with Crippen molar-refractivity contribution in [3.63, 3.8) is 0 Å². The Labute approximate surface area is 84.7 Å². The molecule has 15 heavy (non-hydrogen) atoms. The fraction of sp³-hybridized carbons (Fsp3) is 0.556. The second-order valence-electron chi connectivity index (χ2n) is 3.31. The van der Waals surface area contributed by atoms with Crippen molar-refractivity contribution in [2.75, 3.05) is 6.54 Å². The van der Waals surface area contributed by atoms with Gasteiger partial charge in [-0.05, 0) is 25.6 Å². The van der Waals surface area contributed by atoms with Gasteiger partial charge in [-0.2, -0.15) is 13.2 Å². The van der Waals surface area contributed by atoms with Gasteiger partial charge in [0.2, 0.25) is 5.60 Å². The standard InChI is InChI=1S/C9H12F3NO2/c1-6-2-3-7(15-6)8(14,4-5-13)9(10,11)12/h2-3,14H,4-5,13H2,1H3/t8-/m1/s1. The first kappa shape index (κ1) is 12.1. The van der Waals surface area contributed by atoms with Gasteiger partial charge in [0.15, 0.2) is 0 Å². The van der Waals surface area contributed by atoms with E-state index >= 15 is 0 Å². The smallest absolute Gasteiger partial charge is 0.424 e. The molecule has 0 aliphatic rings. The minimum atomic E-state index is -4.79. The molecule has 6 heteroatoms. The van der Waals surface area contributed by atoms with Crippen molar-refractivity contribution in [3.05, 3.63) is 23.7 Å². The van der Waals surface area contributed by atoms with E-state index in [1.54, 1.807) is 0 Å². The molecule has 0 saturated heterocycles. The molecule has 0 bridgehead atoms. The SMILES string of the molecule is Cc1ccc([C@](O)(CCN)C(F)(F)F)o1. The van der Waals surface area contributed by atoms with Gasteiger partial charge in [0.1, 0.15) is 11.5 Å². The lowest BCUT2D eigenvalue weighted by Crippen LogP contribution is -2.43. The third-order valence-electron chi connectivity index (χ3n) is 2.12. The molecule has 3 nitrogen and oxygen atoms in total. The fourth-order valence-electron chi connectivity index (χ4n) is 1.27. The van der Waals surface area contributed by atoms with Crippen molar-refractivity contribution in [1.82, 2.24) is 0 Å². The Morgan fingerprint density at radius 2 is 2.00 bits per heavy atom. The normalized spacial score (nSPS) is 16.4. The summed E-state index contributed by atoms with van der Waals surface area (Å²) < 4.78 is 42.7. The average Bonchev–Trinajstić information content (AvgIpc) is 2.50. The van der Waals surface area contributed by atoms with Gasteiger partial charge in [0, 0.05) is 6.42 Å². The van der Waals surface area contributed by atoms with E-state index in [1.807, 2.05) is 0 Å². The predicted molar refractivity (Wildman–Crippen MR) is 47.1 cm³/mol. The van der Waals surface area contributed by atoms with Crippen molar-refractivity contribution in [1.29, 1.82) is 0 Å². The van der Waals surface area contributed by atoms with Gasteiger partial charge in [-0.25, -0.2) is 0 Å². The van der Waals surface area contributed by atoms with Crippen LogP contribution in [0.4, 0.5) is 13.2 Å². The Morgan fingerprint density at radius 1 is 1.40 bits per heavy atom. The number of rotatable bonds is 3. The zero-order chi connectivity index (χ0) is 11.7. The summed E-state index contributed by atoms with van der Waals surface area (Å²) in [6.07, 6.45) is -5.42. The lowest BCUT2D eigenvalue weighted by atomic mass is 9.96. The van der Waals surface area contributed by atoms with Crippen LogP contribution in [-0.2, 0) is 5.60 Å².